The van der Waals surface area contributed by atoms with E-state index in [-0.39, 0.29) is 30.1 Å². The SMILES string of the molecule is Cc1ccn2c(=O)c(C(=O)NCC(C)(C)N)cnc2c1.Cl. The van der Waals surface area contributed by atoms with Crippen LogP contribution in [0.1, 0.15) is 29.8 Å². The zero-order chi connectivity index (χ0) is 14.9. The molecule has 2 aromatic rings. The molecule has 0 unspecified atom stereocenters. The fourth-order valence-electron chi connectivity index (χ4n) is 1.74. The Labute approximate surface area is 128 Å². The van der Waals surface area contributed by atoms with E-state index in [1.54, 1.807) is 32.2 Å². The van der Waals surface area contributed by atoms with Crippen molar-refractivity contribution in [2.75, 3.05) is 6.54 Å². The van der Waals surface area contributed by atoms with Crippen LogP contribution in [0.2, 0.25) is 0 Å². The first kappa shape index (κ1) is 17.1. The molecule has 0 aliphatic rings. The lowest BCUT2D eigenvalue weighted by Crippen LogP contribution is -2.46. The van der Waals surface area contributed by atoms with Crippen LogP contribution in [0.25, 0.3) is 5.65 Å². The van der Waals surface area contributed by atoms with Crippen LogP contribution in [0.3, 0.4) is 0 Å². The van der Waals surface area contributed by atoms with Crippen molar-refractivity contribution in [1.29, 1.82) is 0 Å². The molecule has 3 N–H and O–H groups in total. The van der Waals surface area contributed by atoms with Gasteiger partial charge in [0.15, 0.2) is 0 Å². The van der Waals surface area contributed by atoms with Gasteiger partial charge in [-0.25, -0.2) is 4.98 Å². The van der Waals surface area contributed by atoms with Crippen LogP contribution in [0.15, 0.2) is 29.3 Å². The molecule has 0 bridgehead atoms. The molecule has 2 aromatic heterocycles. The lowest BCUT2D eigenvalue weighted by Gasteiger charge is -2.18. The topological polar surface area (TPSA) is 89.5 Å². The molecule has 0 aliphatic heterocycles. The van der Waals surface area contributed by atoms with Crippen molar-refractivity contribution in [3.63, 3.8) is 0 Å². The standard InChI is InChI=1S/C14H18N4O2.ClH/c1-9-4-5-18-11(6-9)16-7-10(13(18)20)12(19)17-8-14(2,3)15;/h4-7H,8,15H2,1-3H3,(H,17,19);1H. The molecule has 0 saturated carbocycles. The molecule has 7 heteroatoms. The van der Waals surface area contributed by atoms with E-state index in [2.05, 4.69) is 10.3 Å². The minimum absolute atomic E-state index is 0. The normalized spacial score (nSPS) is 11.0. The Morgan fingerprint density at radius 1 is 1.48 bits per heavy atom. The predicted octanol–water partition coefficient (Wildman–Crippen LogP) is 0.892. The highest BCUT2D eigenvalue weighted by molar-refractivity contribution is 5.93. The summed E-state index contributed by atoms with van der Waals surface area (Å²) in [6.07, 6.45) is 2.92. The monoisotopic (exact) mass is 310 g/mol. The molecule has 114 valence electrons. The first-order valence-electron chi connectivity index (χ1n) is 6.33. The average Bonchev–Trinajstić information content (AvgIpc) is 2.35. The summed E-state index contributed by atoms with van der Waals surface area (Å²) >= 11 is 0. The molecule has 0 aromatic carbocycles. The molecule has 2 rings (SSSR count). The summed E-state index contributed by atoms with van der Waals surface area (Å²) in [5.74, 6) is -0.462. The van der Waals surface area contributed by atoms with E-state index in [4.69, 9.17) is 5.73 Å². The van der Waals surface area contributed by atoms with Crippen molar-refractivity contribution in [3.8, 4) is 0 Å². The highest BCUT2D eigenvalue weighted by Crippen LogP contribution is 2.02. The third kappa shape index (κ3) is 4.03. The number of nitrogens with zero attached hydrogens (tertiary/aromatic N) is 2. The van der Waals surface area contributed by atoms with Gasteiger partial charge < -0.3 is 11.1 Å². The van der Waals surface area contributed by atoms with Gasteiger partial charge in [-0.3, -0.25) is 14.0 Å². The maximum atomic E-state index is 12.2. The van der Waals surface area contributed by atoms with Crippen LogP contribution in [0, 0.1) is 6.92 Å². The number of carbonyl (C=O) groups is 1. The molecule has 6 nitrogen and oxygen atoms in total. The first-order valence-corrected chi connectivity index (χ1v) is 6.33. The summed E-state index contributed by atoms with van der Waals surface area (Å²) in [5, 5.41) is 2.64. The van der Waals surface area contributed by atoms with E-state index in [1.165, 1.54) is 10.6 Å². The van der Waals surface area contributed by atoms with Gasteiger partial charge >= 0.3 is 0 Å². The minimum atomic E-state index is -0.534. The van der Waals surface area contributed by atoms with Gasteiger partial charge in [0.25, 0.3) is 11.5 Å². The number of carbonyl (C=O) groups excluding carboxylic acids is 1. The Hall–Kier alpha value is -1.92. The Kier molecular flexibility index (Phi) is 5.09. The van der Waals surface area contributed by atoms with Gasteiger partial charge in [-0.2, -0.15) is 0 Å². The fraction of sp³-hybridized carbons (Fsp3) is 0.357. The van der Waals surface area contributed by atoms with Crippen molar-refractivity contribution in [2.45, 2.75) is 26.3 Å². The van der Waals surface area contributed by atoms with E-state index >= 15 is 0 Å². The van der Waals surface area contributed by atoms with Crippen LogP contribution >= 0.6 is 12.4 Å². The highest BCUT2D eigenvalue weighted by atomic mass is 35.5. The third-order valence-corrected chi connectivity index (χ3v) is 2.81. The number of hydrogen-bond acceptors (Lipinski definition) is 4. The van der Waals surface area contributed by atoms with Gasteiger partial charge in [0.05, 0.1) is 0 Å². The summed E-state index contributed by atoms with van der Waals surface area (Å²) in [4.78, 5) is 28.4. The number of nitrogens with one attached hydrogen (secondary N) is 1. The molecule has 0 atom stereocenters. The molecule has 0 fully saturated rings. The van der Waals surface area contributed by atoms with Crippen LogP contribution in [-0.4, -0.2) is 27.4 Å². The molecule has 0 saturated heterocycles. The van der Waals surface area contributed by atoms with Crippen LogP contribution < -0.4 is 16.6 Å². The second-order valence-electron chi connectivity index (χ2n) is 5.58. The van der Waals surface area contributed by atoms with E-state index in [0.29, 0.717) is 5.65 Å². The summed E-state index contributed by atoms with van der Waals surface area (Å²) in [7, 11) is 0. The smallest absolute Gasteiger partial charge is 0.270 e. The van der Waals surface area contributed by atoms with E-state index < -0.39 is 11.4 Å². The van der Waals surface area contributed by atoms with Gasteiger partial charge in [-0.15, -0.1) is 12.4 Å². The second kappa shape index (κ2) is 6.24. The lowest BCUT2D eigenvalue weighted by atomic mass is 10.1. The number of amides is 1. The van der Waals surface area contributed by atoms with Gasteiger partial charge in [0.1, 0.15) is 11.2 Å². The number of halogens is 1. The fourth-order valence-corrected chi connectivity index (χ4v) is 1.74. The summed E-state index contributed by atoms with van der Waals surface area (Å²) < 4.78 is 1.36. The zero-order valence-corrected chi connectivity index (χ0v) is 13.0. The number of rotatable bonds is 3. The third-order valence-electron chi connectivity index (χ3n) is 2.81. The first-order chi connectivity index (χ1) is 9.28. The maximum Gasteiger partial charge on any atom is 0.270 e. The molecular weight excluding hydrogens is 292 g/mol. The van der Waals surface area contributed by atoms with E-state index in [1.807, 2.05) is 6.92 Å². The molecular formula is C14H19ClN4O2. The molecule has 0 radical (unpaired) electrons. The van der Waals surface area contributed by atoms with Crippen LogP contribution in [0.4, 0.5) is 0 Å². The number of aromatic nitrogens is 2. The average molecular weight is 311 g/mol. The predicted molar refractivity (Wildman–Crippen MR) is 84.0 cm³/mol. The Morgan fingerprint density at radius 3 is 2.76 bits per heavy atom. The molecule has 0 spiro atoms. The largest absolute Gasteiger partial charge is 0.350 e. The quantitative estimate of drug-likeness (QED) is 0.881. The van der Waals surface area contributed by atoms with Crippen LogP contribution in [-0.2, 0) is 0 Å². The Morgan fingerprint density at radius 2 is 2.14 bits per heavy atom. The summed E-state index contributed by atoms with van der Waals surface area (Å²) in [6, 6.07) is 3.58. The van der Waals surface area contributed by atoms with Crippen molar-refractivity contribution < 1.29 is 4.79 Å². The molecule has 21 heavy (non-hydrogen) atoms. The second-order valence-corrected chi connectivity index (χ2v) is 5.58. The van der Waals surface area contributed by atoms with Crippen LogP contribution in [0.5, 0.6) is 0 Å². The Balaban J connectivity index is 0.00000220. The summed E-state index contributed by atoms with van der Waals surface area (Å²) in [5.41, 5.74) is 6.40. The number of pyridine rings is 1. The highest BCUT2D eigenvalue weighted by Gasteiger charge is 2.16. The van der Waals surface area contributed by atoms with Crippen molar-refractivity contribution in [2.24, 2.45) is 5.73 Å². The Bertz CT molecular complexity index is 719. The van der Waals surface area contributed by atoms with Crippen molar-refractivity contribution in [3.05, 3.63) is 46.0 Å². The van der Waals surface area contributed by atoms with E-state index in [9.17, 15) is 9.59 Å². The molecule has 2 heterocycles. The van der Waals surface area contributed by atoms with Gasteiger partial charge in [0.2, 0.25) is 0 Å². The zero-order valence-electron chi connectivity index (χ0n) is 12.2. The minimum Gasteiger partial charge on any atom is -0.350 e. The van der Waals surface area contributed by atoms with Crippen molar-refractivity contribution in [1.82, 2.24) is 14.7 Å². The molecule has 1 amide bonds. The van der Waals surface area contributed by atoms with Gasteiger partial charge in [0, 0.05) is 24.5 Å². The number of fused-ring (bicyclic) bond motifs is 1. The lowest BCUT2D eigenvalue weighted by molar-refractivity contribution is 0.0944. The van der Waals surface area contributed by atoms with Gasteiger partial charge in [-0.1, -0.05) is 0 Å². The van der Waals surface area contributed by atoms with Gasteiger partial charge in [-0.05, 0) is 38.5 Å². The molecule has 0 aliphatic carbocycles. The number of aryl methyl sites for hydroxylation is 1. The summed E-state index contributed by atoms with van der Waals surface area (Å²) in [6.45, 7) is 5.78. The van der Waals surface area contributed by atoms with E-state index in [0.717, 1.165) is 5.56 Å². The number of nitrogens with two attached hydrogens (primary N) is 1. The van der Waals surface area contributed by atoms with Crippen molar-refractivity contribution >= 4 is 24.0 Å². The number of hydrogen-bond donors (Lipinski definition) is 2. The maximum absolute atomic E-state index is 12.2.